The second-order valence-corrected chi connectivity index (χ2v) is 18.8. The molecule has 0 aromatic carbocycles. The highest BCUT2D eigenvalue weighted by Crippen LogP contribution is 2.68. The van der Waals surface area contributed by atoms with Crippen molar-refractivity contribution in [2.24, 2.45) is 22.2 Å². The molecule has 2 fully saturated rings. The minimum atomic E-state index is -2.16. The maximum atomic E-state index is 12.1. The van der Waals surface area contributed by atoms with Crippen molar-refractivity contribution in [1.29, 1.82) is 0 Å². The van der Waals surface area contributed by atoms with Gasteiger partial charge in [0.05, 0.1) is 18.0 Å². The average Bonchev–Trinajstić information content (AvgIpc) is 3.18. The van der Waals surface area contributed by atoms with Crippen LogP contribution in [0.2, 0.25) is 16.6 Å². The lowest BCUT2D eigenvalue weighted by Gasteiger charge is -2.59. The molecule has 0 aliphatic heterocycles. The number of ether oxygens (including phenoxy) is 2. The maximum absolute atomic E-state index is 12.1. The molecule has 3 aliphatic carbocycles. The van der Waals surface area contributed by atoms with Crippen LogP contribution in [-0.4, -0.2) is 39.5 Å². The van der Waals surface area contributed by atoms with Crippen molar-refractivity contribution in [2.45, 2.75) is 123 Å². The van der Waals surface area contributed by atoms with E-state index in [0.29, 0.717) is 29.0 Å². The fraction of sp³-hybridized carbons (Fsp3) is 0.806. The molecule has 0 amide bonds. The Labute approximate surface area is 222 Å². The van der Waals surface area contributed by atoms with Gasteiger partial charge in [-0.2, -0.15) is 0 Å². The van der Waals surface area contributed by atoms with Gasteiger partial charge >= 0.3 is 0 Å². The van der Waals surface area contributed by atoms with Gasteiger partial charge in [0.2, 0.25) is 0 Å². The smallest absolute Gasteiger partial charge is 0.258 e. The van der Waals surface area contributed by atoms with Gasteiger partial charge in [0.1, 0.15) is 6.79 Å². The molecular formula is C31H54O4Si. The zero-order valence-electron chi connectivity index (χ0n) is 24.9. The lowest BCUT2D eigenvalue weighted by Crippen LogP contribution is -2.56. The first-order valence-corrected chi connectivity index (χ1v) is 16.4. The Bertz CT molecular complexity index is 854. The molecule has 2 saturated carbocycles. The summed E-state index contributed by atoms with van der Waals surface area (Å²) >= 11 is 0. The third kappa shape index (κ3) is 4.21. The summed E-state index contributed by atoms with van der Waals surface area (Å²) < 4.78 is 19.2. The number of rotatable bonds is 9. The van der Waals surface area contributed by atoms with Gasteiger partial charge in [0.25, 0.3) is 8.32 Å². The summed E-state index contributed by atoms with van der Waals surface area (Å²) in [6, 6.07) is 0. The summed E-state index contributed by atoms with van der Waals surface area (Å²) in [5.74, 6) is 1.51. The minimum absolute atomic E-state index is 0.194. The van der Waals surface area contributed by atoms with Crippen molar-refractivity contribution in [3.05, 3.63) is 36.1 Å². The highest BCUT2D eigenvalue weighted by Gasteiger charge is 2.63. The van der Waals surface area contributed by atoms with Crippen LogP contribution in [0.15, 0.2) is 36.1 Å². The molecule has 3 rings (SSSR count). The molecule has 3 aliphatic rings. The minimum Gasteiger partial charge on any atom is -0.546 e. The molecular weight excluding hydrogens is 464 g/mol. The van der Waals surface area contributed by atoms with Crippen LogP contribution in [0.4, 0.5) is 0 Å². The van der Waals surface area contributed by atoms with Gasteiger partial charge in [-0.15, -0.1) is 6.58 Å². The van der Waals surface area contributed by atoms with E-state index in [4.69, 9.17) is 20.5 Å². The quantitative estimate of drug-likeness (QED) is 0.190. The van der Waals surface area contributed by atoms with Crippen molar-refractivity contribution < 1.29 is 19.0 Å². The third-order valence-corrected chi connectivity index (χ3v) is 16.8. The van der Waals surface area contributed by atoms with E-state index in [9.17, 15) is 5.11 Å². The van der Waals surface area contributed by atoms with E-state index in [1.165, 1.54) is 11.3 Å². The first kappa shape index (κ1) is 29.7. The van der Waals surface area contributed by atoms with Crippen molar-refractivity contribution in [1.82, 2.24) is 0 Å². The molecule has 0 saturated heterocycles. The standard InChI is InChI=1S/C31H54O4Si/c1-13-29(10)18-26(32)30(11)23(8)14-16-31(24(9)28(29)34-19-33-12)17-15-25(27(30)31)35-36(20(2)3,21(4)5)22(6)7/h13,20-23,26,28,32H,1,9,14-19H2,2-8,10-12H3/t23?,26-,28?,29-,30?,31?/m1/s1. The molecule has 1 N–H and O–H groups in total. The second-order valence-electron chi connectivity index (χ2n) is 13.4. The number of hydrogen-bond donors (Lipinski definition) is 1. The van der Waals surface area contributed by atoms with Gasteiger partial charge in [-0.05, 0) is 59.4 Å². The van der Waals surface area contributed by atoms with E-state index in [2.05, 4.69) is 68.9 Å². The number of allylic oxidation sites excluding steroid dienone is 1. The SMILES string of the molecule is C=C[C@]1(C)C[C@@H](O)C2(C)C3=C(O[Si](C(C)C)(C(C)C)C(C)C)CCC3(CCC2C)C(=C)C1OCOC. The second kappa shape index (κ2) is 10.4. The fourth-order valence-electron chi connectivity index (χ4n) is 8.57. The molecule has 4 unspecified atom stereocenters. The van der Waals surface area contributed by atoms with Gasteiger partial charge in [-0.25, -0.2) is 0 Å². The summed E-state index contributed by atoms with van der Waals surface area (Å²) in [7, 11) is -0.501. The Morgan fingerprint density at radius 1 is 1.08 bits per heavy atom. The normalized spacial score (nSPS) is 37.4. The van der Waals surface area contributed by atoms with Crippen LogP contribution in [0.1, 0.15) is 94.4 Å². The Morgan fingerprint density at radius 2 is 1.67 bits per heavy atom. The van der Waals surface area contributed by atoms with E-state index in [1.807, 2.05) is 6.08 Å². The molecule has 36 heavy (non-hydrogen) atoms. The zero-order valence-corrected chi connectivity index (χ0v) is 25.9. The fourth-order valence-corrected chi connectivity index (χ4v) is 13.9. The van der Waals surface area contributed by atoms with Crippen LogP contribution in [0.3, 0.4) is 0 Å². The molecule has 2 bridgehead atoms. The molecule has 4 nitrogen and oxygen atoms in total. The average molecular weight is 519 g/mol. The highest BCUT2D eigenvalue weighted by molar-refractivity contribution is 6.77. The molecule has 0 aromatic heterocycles. The van der Waals surface area contributed by atoms with E-state index < -0.39 is 19.8 Å². The van der Waals surface area contributed by atoms with Crippen LogP contribution in [0.5, 0.6) is 0 Å². The van der Waals surface area contributed by atoms with Crippen LogP contribution in [0, 0.1) is 22.2 Å². The molecule has 206 valence electrons. The zero-order chi connectivity index (χ0) is 27.3. The van der Waals surface area contributed by atoms with E-state index >= 15 is 0 Å². The maximum Gasteiger partial charge on any atom is 0.258 e. The molecule has 0 heterocycles. The number of aliphatic hydroxyl groups excluding tert-OH is 1. The van der Waals surface area contributed by atoms with Crippen molar-refractivity contribution in [2.75, 3.05) is 13.9 Å². The predicted molar refractivity (Wildman–Crippen MR) is 152 cm³/mol. The van der Waals surface area contributed by atoms with E-state index in [-0.39, 0.29) is 23.7 Å². The number of methoxy groups -OCH3 is 1. The van der Waals surface area contributed by atoms with Crippen LogP contribution >= 0.6 is 0 Å². The monoisotopic (exact) mass is 518 g/mol. The van der Waals surface area contributed by atoms with Gasteiger partial charge < -0.3 is 19.0 Å². The van der Waals surface area contributed by atoms with Gasteiger partial charge in [-0.1, -0.05) is 75.0 Å². The van der Waals surface area contributed by atoms with Crippen molar-refractivity contribution >= 4 is 8.32 Å². The van der Waals surface area contributed by atoms with Crippen molar-refractivity contribution in [3.63, 3.8) is 0 Å². The lowest BCUT2D eigenvalue weighted by atomic mass is 9.47. The Hall–Kier alpha value is -0.883. The summed E-state index contributed by atoms with van der Waals surface area (Å²) in [5, 5.41) is 12.1. The molecule has 5 heteroatoms. The van der Waals surface area contributed by atoms with Crippen LogP contribution in [0.25, 0.3) is 0 Å². The van der Waals surface area contributed by atoms with Crippen molar-refractivity contribution in [3.8, 4) is 0 Å². The first-order valence-electron chi connectivity index (χ1n) is 14.2. The predicted octanol–water partition coefficient (Wildman–Crippen LogP) is 8.15. The summed E-state index contributed by atoms with van der Waals surface area (Å²) in [6.45, 7) is 30.0. The van der Waals surface area contributed by atoms with Gasteiger partial charge in [0.15, 0.2) is 0 Å². The van der Waals surface area contributed by atoms with E-state index in [1.54, 1.807) is 7.11 Å². The lowest BCUT2D eigenvalue weighted by molar-refractivity contribution is -0.124. The van der Waals surface area contributed by atoms with Crippen LogP contribution in [-0.2, 0) is 13.9 Å². The summed E-state index contributed by atoms with van der Waals surface area (Å²) in [5.41, 5.74) is 2.89. The number of aliphatic hydroxyl groups is 1. The Morgan fingerprint density at radius 3 is 2.17 bits per heavy atom. The topological polar surface area (TPSA) is 47.9 Å². The Kier molecular flexibility index (Phi) is 8.53. The molecule has 0 radical (unpaired) electrons. The summed E-state index contributed by atoms with van der Waals surface area (Å²) in [6.07, 6.45) is 5.70. The summed E-state index contributed by atoms with van der Waals surface area (Å²) in [4.78, 5) is 0. The largest absolute Gasteiger partial charge is 0.546 e. The van der Waals surface area contributed by atoms with Gasteiger partial charge in [-0.3, -0.25) is 0 Å². The van der Waals surface area contributed by atoms with Crippen LogP contribution < -0.4 is 0 Å². The first-order chi connectivity index (χ1) is 16.7. The molecule has 6 atom stereocenters. The molecule has 0 spiro atoms. The number of hydrogen-bond acceptors (Lipinski definition) is 4. The molecule has 0 aromatic rings. The highest BCUT2D eigenvalue weighted by atomic mass is 28.4. The third-order valence-electron chi connectivity index (χ3n) is 10.8. The van der Waals surface area contributed by atoms with E-state index in [0.717, 1.165) is 31.3 Å². The Balaban J connectivity index is 2.30. The van der Waals surface area contributed by atoms with Gasteiger partial charge in [0, 0.05) is 29.8 Å².